The predicted molar refractivity (Wildman–Crippen MR) is 65.9 cm³/mol. The lowest BCUT2D eigenvalue weighted by Gasteiger charge is -2.10. The molecule has 0 saturated carbocycles. The molecule has 0 bridgehead atoms. The van der Waals surface area contributed by atoms with Crippen molar-refractivity contribution in [2.24, 2.45) is 13.0 Å². The molecule has 100 valence electrons. The van der Waals surface area contributed by atoms with Crippen LogP contribution in [0.15, 0.2) is 30.5 Å². The Morgan fingerprint density at radius 2 is 2.05 bits per heavy atom. The van der Waals surface area contributed by atoms with Gasteiger partial charge in [-0.05, 0) is 24.1 Å². The Balaban J connectivity index is 2.08. The van der Waals surface area contributed by atoms with Crippen LogP contribution in [-0.2, 0) is 24.7 Å². The van der Waals surface area contributed by atoms with Crippen molar-refractivity contribution in [2.75, 3.05) is 0 Å². The summed E-state index contributed by atoms with van der Waals surface area (Å²) in [7, 11) is 1.73. The molecule has 2 aromatic rings. The van der Waals surface area contributed by atoms with E-state index in [1.54, 1.807) is 25.4 Å². The van der Waals surface area contributed by atoms with E-state index in [1.807, 2.05) is 0 Å². The van der Waals surface area contributed by atoms with Crippen molar-refractivity contribution in [1.29, 1.82) is 0 Å². The van der Waals surface area contributed by atoms with E-state index in [9.17, 15) is 14.3 Å². The zero-order valence-corrected chi connectivity index (χ0v) is 10.5. The van der Waals surface area contributed by atoms with Crippen molar-refractivity contribution in [1.82, 2.24) is 15.0 Å². The van der Waals surface area contributed by atoms with Crippen LogP contribution < -0.4 is 0 Å². The maximum Gasteiger partial charge on any atom is 0.307 e. The number of aryl methyl sites for hydroxylation is 1. The van der Waals surface area contributed by atoms with E-state index in [-0.39, 0.29) is 5.82 Å². The lowest BCUT2D eigenvalue weighted by molar-refractivity contribution is -0.141. The van der Waals surface area contributed by atoms with Crippen LogP contribution in [0.4, 0.5) is 4.39 Å². The molecule has 6 heteroatoms. The fourth-order valence-electron chi connectivity index (χ4n) is 1.89. The van der Waals surface area contributed by atoms with E-state index < -0.39 is 11.9 Å². The molecule has 2 rings (SSSR count). The second-order valence-electron chi connectivity index (χ2n) is 4.45. The first-order valence-corrected chi connectivity index (χ1v) is 5.87. The van der Waals surface area contributed by atoms with E-state index in [2.05, 4.69) is 10.3 Å². The molecule has 1 heterocycles. The van der Waals surface area contributed by atoms with Crippen molar-refractivity contribution in [2.45, 2.75) is 12.8 Å². The first kappa shape index (κ1) is 13.2. The Bertz CT molecular complexity index is 566. The number of carbonyl (C=O) groups is 1. The van der Waals surface area contributed by atoms with Crippen LogP contribution in [0.25, 0.3) is 0 Å². The van der Waals surface area contributed by atoms with Gasteiger partial charge in [-0.2, -0.15) is 0 Å². The largest absolute Gasteiger partial charge is 0.481 e. The van der Waals surface area contributed by atoms with Crippen LogP contribution in [0, 0.1) is 11.7 Å². The average molecular weight is 263 g/mol. The molecule has 0 spiro atoms. The Hall–Kier alpha value is -2.24. The molecule has 0 aliphatic rings. The molecule has 1 atom stereocenters. The third-order valence-corrected chi connectivity index (χ3v) is 2.85. The van der Waals surface area contributed by atoms with Gasteiger partial charge >= 0.3 is 5.97 Å². The molecule has 19 heavy (non-hydrogen) atoms. The Morgan fingerprint density at radius 3 is 2.58 bits per heavy atom. The van der Waals surface area contributed by atoms with E-state index in [4.69, 9.17) is 0 Å². The minimum absolute atomic E-state index is 0.306. The molecule has 0 radical (unpaired) electrons. The monoisotopic (exact) mass is 263 g/mol. The average Bonchev–Trinajstić information content (AvgIpc) is 2.76. The predicted octanol–water partition coefficient (Wildman–Crippen LogP) is 1.44. The maximum absolute atomic E-state index is 12.8. The quantitative estimate of drug-likeness (QED) is 0.886. The highest BCUT2D eigenvalue weighted by Crippen LogP contribution is 2.14. The van der Waals surface area contributed by atoms with Crippen molar-refractivity contribution < 1.29 is 14.3 Å². The topological polar surface area (TPSA) is 68.0 Å². The lowest BCUT2D eigenvalue weighted by Crippen LogP contribution is -2.19. The van der Waals surface area contributed by atoms with Gasteiger partial charge in [-0.15, -0.1) is 5.10 Å². The summed E-state index contributed by atoms with van der Waals surface area (Å²) in [4.78, 5) is 11.3. The molecule has 1 aromatic carbocycles. The third-order valence-electron chi connectivity index (χ3n) is 2.85. The molecule has 0 amide bonds. The van der Waals surface area contributed by atoms with E-state index in [1.165, 1.54) is 16.8 Å². The molecule has 0 aliphatic heterocycles. The number of carboxylic acids is 1. The molecule has 5 nitrogen and oxygen atoms in total. The van der Waals surface area contributed by atoms with Crippen molar-refractivity contribution >= 4 is 5.97 Å². The van der Waals surface area contributed by atoms with Crippen LogP contribution in [0.1, 0.15) is 11.3 Å². The van der Waals surface area contributed by atoms with Crippen LogP contribution >= 0.6 is 0 Å². The summed E-state index contributed by atoms with van der Waals surface area (Å²) in [6, 6.07) is 5.86. The maximum atomic E-state index is 12.8. The second kappa shape index (κ2) is 5.60. The number of rotatable bonds is 5. The molecule has 1 N–H and O–H groups in total. The third kappa shape index (κ3) is 3.61. The Morgan fingerprint density at radius 1 is 1.37 bits per heavy atom. The minimum Gasteiger partial charge on any atom is -0.481 e. The van der Waals surface area contributed by atoms with Gasteiger partial charge < -0.3 is 5.11 Å². The summed E-state index contributed by atoms with van der Waals surface area (Å²) in [5.41, 5.74) is 1.43. The molecule has 1 aromatic heterocycles. The standard InChI is InChI=1S/C13H14FN3O2/c1-17-8-12(15-16-17)7-10(13(18)19)6-9-2-4-11(14)5-3-9/h2-5,8,10H,6-7H2,1H3,(H,18,19). The van der Waals surface area contributed by atoms with E-state index >= 15 is 0 Å². The second-order valence-corrected chi connectivity index (χ2v) is 4.45. The van der Waals surface area contributed by atoms with Crippen LogP contribution in [-0.4, -0.2) is 26.1 Å². The van der Waals surface area contributed by atoms with Crippen molar-refractivity contribution in [3.8, 4) is 0 Å². The van der Waals surface area contributed by atoms with Gasteiger partial charge in [0.15, 0.2) is 0 Å². The van der Waals surface area contributed by atoms with Gasteiger partial charge in [0.2, 0.25) is 0 Å². The highest BCUT2D eigenvalue weighted by Gasteiger charge is 2.20. The number of benzene rings is 1. The van der Waals surface area contributed by atoms with Gasteiger partial charge in [-0.3, -0.25) is 9.48 Å². The highest BCUT2D eigenvalue weighted by molar-refractivity contribution is 5.70. The van der Waals surface area contributed by atoms with Gasteiger partial charge in [0.1, 0.15) is 5.82 Å². The number of carboxylic acid groups (broad SMARTS) is 1. The minimum atomic E-state index is -0.894. The zero-order chi connectivity index (χ0) is 13.8. The summed E-state index contributed by atoms with van der Waals surface area (Å²) in [6.07, 6.45) is 2.34. The summed E-state index contributed by atoms with van der Waals surface area (Å²) in [6.45, 7) is 0. The number of aliphatic carboxylic acids is 1. The van der Waals surface area contributed by atoms with Gasteiger partial charge in [0.25, 0.3) is 0 Å². The fraction of sp³-hybridized carbons (Fsp3) is 0.308. The normalized spacial score (nSPS) is 12.3. The molecule has 0 fully saturated rings. The van der Waals surface area contributed by atoms with E-state index in [0.29, 0.717) is 18.5 Å². The summed E-state index contributed by atoms with van der Waals surface area (Å²) >= 11 is 0. The van der Waals surface area contributed by atoms with Crippen molar-refractivity contribution in [3.05, 3.63) is 47.5 Å². The summed E-state index contributed by atoms with van der Waals surface area (Å²) < 4.78 is 14.3. The zero-order valence-electron chi connectivity index (χ0n) is 10.5. The van der Waals surface area contributed by atoms with E-state index in [0.717, 1.165) is 5.56 Å². The summed E-state index contributed by atoms with van der Waals surface area (Å²) in [5, 5.41) is 16.9. The number of nitrogens with zero attached hydrogens (tertiary/aromatic N) is 3. The van der Waals surface area contributed by atoms with Gasteiger partial charge in [0, 0.05) is 19.7 Å². The van der Waals surface area contributed by atoms with Gasteiger partial charge in [-0.25, -0.2) is 4.39 Å². The van der Waals surface area contributed by atoms with Crippen LogP contribution in [0.2, 0.25) is 0 Å². The van der Waals surface area contributed by atoms with Crippen LogP contribution in [0.5, 0.6) is 0 Å². The number of hydrogen-bond donors (Lipinski definition) is 1. The van der Waals surface area contributed by atoms with Gasteiger partial charge in [-0.1, -0.05) is 17.3 Å². The Kier molecular flexibility index (Phi) is 3.89. The van der Waals surface area contributed by atoms with Crippen molar-refractivity contribution in [3.63, 3.8) is 0 Å². The van der Waals surface area contributed by atoms with Crippen LogP contribution in [0.3, 0.4) is 0 Å². The number of halogens is 1. The molecular weight excluding hydrogens is 249 g/mol. The number of aromatic nitrogens is 3. The molecule has 0 aliphatic carbocycles. The summed E-state index contributed by atoms with van der Waals surface area (Å²) in [5.74, 6) is -1.82. The first-order valence-electron chi connectivity index (χ1n) is 5.87. The fourth-order valence-corrected chi connectivity index (χ4v) is 1.89. The molecular formula is C13H14FN3O2. The molecule has 1 unspecified atom stereocenters. The van der Waals surface area contributed by atoms with Gasteiger partial charge in [0.05, 0.1) is 11.6 Å². The Labute approximate surface area is 109 Å². The SMILES string of the molecule is Cn1cc(CC(Cc2ccc(F)cc2)C(=O)O)nn1. The highest BCUT2D eigenvalue weighted by atomic mass is 19.1. The number of hydrogen-bond acceptors (Lipinski definition) is 3. The lowest BCUT2D eigenvalue weighted by atomic mass is 9.95. The molecule has 0 saturated heterocycles. The smallest absolute Gasteiger partial charge is 0.307 e. The first-order chi connectivity index (χ1) is 9.04.